The van der Waals surface area contributed by atoms with Crippen LogP contribution in [0.4, 0.5) is 0 Å². The zero-order valence-electron chi connectivity index (χ0n) is 11.7. The zero-order chi connectivity index (χ0) is 13.7. The summed E-state index contributed by atoms with van der Waals surface area (Å²) in [5.41, 5.74) is 4.84. The highest BCUT2D eigenvalue weighted by Gasteiger charge is 2.13. The van der Waals surface area contributed by atoms with Crippen molar-refractivity contribution in [2.75, 3.05) is 26.4 Å². The molecule has 4 nitrogen and oxygen atoms in total. The largest absolute Gasteiger partial charge is 0.443 e. The number of aliphatic hydroxyl groups excluding tert-OH is 1. The molecule has 0 unspecified atom stereocenters. The lowest BCUT2D eigenvalue weighted by Gasteiger charge is -2.21. The van der Waals surface area contributed by atoms with E-state index < -0.39 is 0 Å². The van der Waals surface area contributed by atoms with Gasteiger partial charge in [0.25, 0.3) is 8.05 Å². The molecule has 0 aromatic heterocycles. The highest BCUT2D eigenvalue weighted by molar-refractivity contribution is 5.98. The smallest absolute Gasteiger partial charge is 0.283 e. The minimum Gasteiger partial charge on any atom is -0.443 e. The molecule has 5 heteroatoms. The van der Waals surface area contributed by atoms with Crippen LogP contribution in [0.5, 0.6) is 0 Å². The van der Waals surface area contributed by atoms with Crippen LogP contribution in [0, 0.1) is 5.92 Å². The van der Waals surface area contributed by atoms with E-state index in [0.717, 1.165) is 18.9 Å². The Morgan fingerprint density at radius 3 is 2.18 bits per heavy atom. The molecule has 0 aromatic rings. The standard InChI is InChI=1S/C7H17NO.C5H11BO2/c1-7(2)3-5-9-6-4-8;1-5(2,8-6)3-4-7/h7H,3-6,8H2,1-2H3;7H,3-4H2,1-2H3. The molecular formula is C12H28BNO3. The third kappa shape index (κ3) is 18.5. The number of rotatable bonds is 8. The van der Waals surface area contributed by atoms with E-state index in [4.69, 9.17) is 23.6 Å². The van der Waals surface area contributed by atoms with Gasteiger partial charge in [-0.05, 0) is 32.6 Å². The minimum atomic E-state index is -0.380. The van der Waals surface area contributed by atoms with E-state index in [1.54, 1.807) is 0 Å². The fraction of sp³-hybridized carbons (Fsp3) is 1.00. The molecule has 17 heavy (non-hydrogen) atoms. The molecule has 0 rings (SSSR count). The highest BCUT2D eigenvalue weighted by atomic mass is 16.5. The first-order valence-corrected chi connectivity index (χ1v) is 6.16. The van der Waals surface area contributed by atoms with Crippen molar-refractivity contribution in [3.63, 3.8) is 0 Å². The van der Waals surface area contributed by atoms with E-state index in [9.17, 15) is 0 Å². The van der Waals surface area contributed by atoms with E-state index in [1.807, 2.05) is 13.8 Å². The normalized spacial score (nSPS) is 11.2. The number of aliphatic hydroxyl groups is 1. The quantitative estimate of drug-likeness (QED) is 0.499. The Kier molecular flexibility index (Phi) is 14.0. The predicted octanol–water partition coefficient (Wildman–Crippen LogP) is 1.26. The van der Waals surface area contributed by atoms with Gasteiger partial charge in [-0.1, -0.05) is 13.8 Å². The SMILES string of the molecule is CC(C)CCOCCN.[B]OC(C)(C)CCO. The first kappa shape index (κ1) is 19.2. The molecule has 0 heterocycles. The second-order valence-electron chi connectivity index (χ2n) is 4.93. The molecule has 2 radical (unpaired) electrons. The third-order valence-corrected chi connectivity index (χ3v) is 2.13. The van der Waals surface area contributed by atoms with E-state index in [-0.39, 0.29) is 12.2 Å². The van der Waals surface area contributed by atoms with Crippen LogP contribution in [0.1, 0.15) is 40.5 Å². The number of nitrogens with two attached hydrogens (primary N) is 1. The van der Waals surface area contributed by atoms with Gasteiger partial charge < -0.3 is 20.2 Å². The van der Waals surface area contributed by atoms with Gasteiger partial charge in [-0.3, -0.25) is 0 Å². The van der Waals surface area contributed by atoms with Crippen molar-refractivity contribution in [1.82, 2.24) is 0 Å². The van der Waals surface area contributed by atoms with E-state index in [0.29, 0.717) is 19.6 Å². The van der Waals surface area contributed by atoms with E-state index in [1.165, 1.54) is 0 Å². The molecule has 0 saturated heterocycles. The van der Waals surface area contributed by atoms with Gasteiger partial charge in [0.2, 0.25) is 0 Å². The van der Waals surface area contributed by atoms with Crippen LogP contribution in [-0.4, -0.2) is 45.1 Å². The molecule has 102 valence electrons. The molecule has 0 spiro atoms. The fourth-order valence-corrected chi connectivity index (χ4v) is 0.833. The van der Waals surface area contributed by atoms with Crippen molar-refractivity contribution in [1.29, 1.82) is 0 Å². The Morgan fingerprint density at radius 2 is 1.88 bits per heavy atom. The van der Waals surface area contributed by atoms with Crippen molar-refractivity contribution in [3.05, 3.63) is 0 Å². The van der Waals surface area contributed by atoms with Crippen LogP contribution in [0.3, 0.4) is 0 Å². The molecule has 0 atom stereocenters. The van der Waals surface area contributed by atoms with Gasteiger partial charge in [0.05, 0.1) is 6.61 Å². The van der Waals surface area contributed by atoms with Crippen LogP contribution in [-0.2, 0) is 9.39 Å². The second-order valence-corrected chi connectivity index (χ2v) is 4.93. The van der Waals surface area contributed by atoms with Gasteiger partial charge in [0.1, 0.15) is 0 Å². The molecule has 0 aliphatic heterocycles. The molecule has 0 aliphatic rings. The fourth-order valence-electron chi connectivity index (χ4n) is 0.833. The number of hydrogen-bond donors (Lipinski definition) is 2. The first-order valence-electron chi connectivity index (χ1n) is 6.16. The topological polar surface area (TPSA) is 64.7 Å². The maximum absolute atomic E-state index is 8.40. The van der Waals surface area contributed by atoms with Gasteiger partial charge in [0, 0.05) is 25.4 Å². The summed E-state index contributed by atoms with van der Waals surface area (Å²) in [7, 11) is 4.88. The van der Waals surface area contributed by atoms with Gasteiger partial charge in [-0.15, -0.1) is 0 Å². The molecule has 0 amide bonds. The third-order valence-electron chi connectivity index (χ3n) is 2.13. The average Bonchev–Trinajstić information content (AvgIpc) is 2.25. The van der Waals surface area contributed by atoms with Crippen molar-refractivity contribution in [2.45, 2.75) is 46.1 Å². The van der Waals surface area contributed by atoms with Crippen molar-refractivity contribution < 1.29 is 14.5 Å². The average molecular weight is 245 g/mol. The molecule has 3 N–H and O–H groups in total. The van der Waals surface area contributed by atoms with E-state index >= 15 is 0 Å². The molecular weight excluding hydrogens is 217 g/mol. The van der Waals surface area contributed by atoms with Crippen LogP contribution < -0.4 is 5.73 Å². The predicted molar refractivity (Wildman–Crippen MR) is 71.9 cm³/mol. The van der Waals surface area contributed by atoms with Gasteiger partial charge in [-0.2, -0.15) is 0 Å². The summed E-state index contributed by atoms with van der Waals surface area (Å²) in [5, 5.41) is 8.40. The summed E-state index contributed by atoms with van der Waals surface area (Å²) in [6.07, 6.45) is 1.71. The van der Waals surface area contributed by atoms with Gasteiger partial charge in [0.15, 0.2) is 0 Å². The number of hydrogen-bond acceptors (Lipinski definition) is 4. The molecule has 0 aromatic carbocycles. The Hall–Kier alpha value is -0.0951. The molecule has 0 bridgehead atoms. The summed E-state index contributed by atoms with van der Waals surface area (Å²) >= 11 is 0. The van der Waals surface area contributed by atoms with Crippen molar-refractivity contribution in [3.8, 4) is 0 Å². The van der Waals surface area contributed by atoms with Crippen LogP contribution in [0.15, 0.2) is 0 Å². The lowest BCUT2D eigenvalue weighted by Crippen LogP contribution is -2.24. The Bertz CT molecular complexity index is 155. The Labute approximate surface area is 107 Å². The van der Waals surface area contributed by atoms with Gasteiger partial charge in [-0.25, -0.2) is 0 Å². The second kappa shape index (κ2) is 12.4. The highest BCUT2D eigenvalue weighted by Crippen LogP contribution is 2.10. The van der Waals surface area contributed by atoms with Crippen LogP contribution in [0.2, 0.25) is 0 Å². The Balaban J connectivity index is 0. The summed E-state index contributed by atoms with van der Waals surface area (Å²) in [6, 6.07) is 0. The van der Waals surface area contributed by atoms with Gasteiger partial charge >= 0.3 is 0 Å². The van der Waals surface area contributed by atoms with Crippen LogP contribution >= 0.6 is 0 Å². The van der Waals surface area contributed by atoms with Crippen molar-refractivity contribution >= 4 is 8.05 Å². The van der Waals surface area contributed by atoms with Crippen LogP contribution in [0.25, 0.3) is 0 Å². The summed E-state index contributed by atoms with van der Waals surface area (Å²) in [6.45, 7) is 10.3. The summed E-state index contributed by atoms with van der Waals surface area (Å²) < 4.78 is 9.69. The summed E-state index contributed by atoms with van der Waals surface area (Å²) in [5.74, 6) is 0.739. The lowest BCUT2D eigenvalue weighted by molar-refractivity contribution is 0.0868. The molecule has 0 saturated carbocycles. The zero-order valence-corrected chi connectivity index (χ0v) is 11.7. The van der Waals surface area contributed by atoms with E-state index in [2.05, 4.69) is 18.5 Å². The Morgan fingerprint density at radius 1 is 1.29 bits per heavy atom. The summed E-state index contributed by atoms with van der Waals surface area (Å²) in [4.78, 5) is 0. The number of ether oxygens (including phenoxy) is 1. The molecule has 0 fully saturated rings. The first-order chi connectivity index (χ1) is 7.89. The van der Waals surface area contributed by atoms with Crippen molar-refractivity contribution in [2.24, 2.45) is 11.7 Å². The minimum absolute atomic E-state index is 0.115. The maximum atomic E-state index is 8.40. The maximum Gasteiger partial charge on any atom is 0.283 e. The monoisotopic (exact) mass is 245 g/mol. The molecule has 0 aliphatic carbocycles. The lowest BCUT2D eigenvalue weighted by atomic mass is 10.1.